The second-order valence-electron chi connectivity index (χ2n) is 6.17. The predicted octanol–water partition coefficient (Wildman–Crippen LogP) is 5.16. The number of benzene rings is 1. The second-order valence-corrected chi connectivity index (χ2v) is 7.30. The van der Waals surface area contributed by atoms with Gasteiger partial charge in [-0.3, -0.25) is 0 Å². The molecule has 0 bridgehead atoms. The molecule has 108 valence electrons. The highest BCUT2D eigenvalue weighted by Crippen LogP contribution is 2.52. The van der Waals surface area contributed by atoms with Gasteiger partial charge in [0.1, 0.15) is 5.82 Å². The second kappa shape index (κ2) is 4.96. The Hall–Kier alpha value is -1.66. The van der Waals surface area contributed by atoms with Gasteiger partial charge in [-0.25, -0.2) is 4.39 Å². The summed E-state index contributed by atoms with van der Waals surface area (Å²) in [5.74, 6) is 0.373. The van der Waals surface area contributed by atoms with Crippen LogP contribution in [0.15, 0.2) is 30.3 Å². The zero-order valence-corrected chi connectivity index (χ0v) is 13.3. The maximum absolute atomic E-state index is 14.0. The van der Waals surface area contributed by atoms with Gasteiger partial charge >= 0.3 is 0 Å². The van der Waals surface area contributed by atoms with E-state index < -0.39 is 5.41 Å². The number of rotatable bonds is 2. The van der Waals surface area contributed by atoms with Crippen LogP contribution in [-0.4, -0.2) is 0 Å². The number of hydrogen-bond acceptors (Lipinski definition) is 2. The molecule has 0 unspecified atom stereocenters. The highest BCUT2D eigenvalue weighted by Gasteiger charge is 2.48. The molecule has 0 amide bonds. The molecular weight excluding hydrogens is 281 g/mol. The largest absolute Gasteiger partial charge is 0.206 e. The molecule has 0 saturated heterocycles. The summed E-state index contributed by atoms with van der Waals surface area (Å²) in [6.45, 7) is 6.36. The standard InChI is InChI=1S/C18H18FNS/c1-11(2)18(10-20)12(3)8-17-14(18)9-16(21-17)13-6-4-5-7-15(13)19/h4-7,9,11-12H,8H2,1-3H3/t12-,18+/m1/s1. The van der Waals surface area contributed by atoms with Gasteiger partial charge in [-0.1, -0.05) is 39.0 Å². The lowest BCUT2D eigenvalue weighted by Crippen LogP contribution is -2.34. The van der Waals surface area contributed by atoms with Crippen molar-refractivity contribution in [3.8, 4) is 16.5 Å². The molecule has 1 aromatic carbocycles. The molecule has 1 aliphatic carbocycles. The van der Waals surface area contributed by atoms with Crippen molar-refractivity contribution in [1.82, 2.24) is 0 Å². The minimum absolute atomic E-state index is 0.197. The highest BCUT2D eigenvalue weighted by molar-refractivity contribution is 7.15. The molecule has 2 atom stereocenters. The van der Waals surface area contributed by atoms with E-state index in [1.165, 1.54) is 10.9 Å². The molecule has 1 heterocycles. The molecule has 3 heteroatoms. The van der Waals surface area contributed by atoms with Crippen LogP contribution in [0.4, 0.5) is 4.39 Å². The SMILES string of the molecule is CC(C)[C@]1(C#N)c2cc(-c3ccccc3F)sc2C[C@H]1C. The Morgan fingerprint density at radius 3 is 2.71 bits per heavy atom. The van der Waals surface area contributed by atoms with E-state index in [4.69, 9.17) is 0 Å². The molecule has 0 spiro atoms. The number of halogens is 1. The Bertz CT molecular complexity index is 725. The Kier molecular flexibility index (Phi) is 3.37. The molecular formula is C18H18FNS. The first-order chi connectivity index (χ1) is 10.0. The molecule has 21 heavy (non-hydrogen) atoms. The molecule has 0 aliphatic heterocycles. The van der Waals surface area contributed by atoms with Crippen LogP contribution in [0.5, 0.6) is 0 Å². The third kappa shape index (κ3) is 1.93. The fourth-order valence-electron chi connectivity index (χ4n) is 3.61. The van der Waals surface area contributed by atoms with Crippen LogP contribution < -0.4 is 0 Å². The number of nitrogens with zero attached hydrogens (tertiary/aromatic N) is 1. The van der Waals surface area contributed by atoms with Gasteiger partial charge in [0.15, 0.2) is 0 Å². The molecule has 0 radical (unpaired) electrons. The van der Waals surface area contributed by atoms with Gasteiger partial charge in [0.05, 0.1) is 11.5 Å². The average Bonchev–Trinajstić information content (AvgIpc) is 2.94. The van der Waals surface area contributed by atoms with Crippen molar-refractivity contribution in [1.29, 1.82) is 5.26 Å². The monoisotopic (exact) mass is 299 g/mol. The summed E-state index contributed by atoms with van der Waals surface area (Å²) in [5, 5.41) is 9.82. The van der Waals surface area contributed by atoms with Crippen molar-refractivity contribution >= 4 is 11.3 Å². The first-order valence-corrected chi connectivity index (χ1v) is 8.11. The number of nitriles is 1. The molecule has 3 rings (SSSR count). The first kappa shape index (κ1) is 14.3. The first-order valence-electron chi connectivity index (χ1n) is 7.30. The van der Waals surface area contributed by atoms with Crippen molar-refractivity contribution in [3.05, 3.63) is 46.6 Å². The molecule has 0 saturated carbocycles. The number of fused-ring (bicyclic) bond motifs is 1. The third-order valence-corrected chi connectivity index (χ3v) is 5.95. The van der Waals surface area contributed by atoms with E-state index >= 15 is 0 Å². The molecule has 2 aromatic rings. The van der Waals surface area contributed by atoms with Crippen LogP contribution >= 0.6 is 11.3 Å². The molecule has 1 aromatic heterocycles. The molecule has 0 N–H and O–H groups in total. The maximum atomic E-state index is 14.0. The summed E-state index contributed by atoms with van der Waals surface area (Å²) in [5.41, 5.74) is 1.32. The lowest BCUT2D eigenvalue weighted by molar-refractivity contribution is 0.302. The van der Waals surface area contributed by atoms with Crippen LogP contribution in [0.2, 0.25) is 0 Å². The summed E-state index contributed by atoms with van der Waals surface area (Å²) in [6.07, 6.45) is 0.917. The predicted molar refractivity (Wildman–Crippen MR) is 84.7 cm³/mol. The highest BCUT2D eigenvalue weighted by atomic mass is 32.1. The quantitative estimate of drug-likeness (QED) is 0.751. The van der Waals surface area contributed by atoms with E-state index in [2.05, 4.69) is 26.8 Å². The lowest BCUT2D eigenvalue weighted by atomic mass is 9.69. The summed E-state index contributed by atoms with van der Waals surface area (Å²) in [4.78, 5) is 2.18. The lowest BCUT2D eigenvalue weighted by Gasteiger charge is -2.31. The number of thiophene rings is 1. The van der Waals surface area contributed by atoms with E-state index in [1.807, 2.05) is 18.2 Å². The van der Waals surface area contributed by atoms with Gasteiger partial charge in [0.2, 0.25) is 0 Å². The Morgan fingerprint density at radius 2 is 2.10 bits per heavy atom. The molecule has 0 fully saturated rings. The minimum atomic E-state index is -0.435. The Balaban J connectivity index is 2.15. The molecule has 1 aliphatic rings. The van der Waals surface area contributed by atoms with Crippen LogP contribution in [0.25, 0.3) is 10.4 Å². The fraction of sp³-hybridized carbons (Fsp3) is 0.389. The van der Waals surface area contributed by atoms with Gasteiger partial charge in [-0.05, 0) is 36.0 Å². The zero-order chi connectivity index (χ0) is 15.2. The summed E-state index contributed by atoms with van der Waals surface area (Å²) in [7, 11) is 0. The average molecular weight is 299 g/mol. The number of hydrogen-bond donors (Lipinski definition) is 0. The summed E-state index contributed by atoms with van der Waals surface area (Å²) < 4.78 is 14.0. The Morgan fingerprint density at radius 1 is 1.38 bits per heavy atom. The fourth-order valence-corrected chi connectivity index (χ4v) is 5.00. The summed E-state index contributed by atoms with van der Waals surface area (Å²) in [6, 6.07) is 11.5. The van der Waals surface area contributed by atoms with Crippen LogP contribution in [0, 0.1) is 29.0 Å². The Labute approximate surface area is 129 Å². The zero-order valence-electron chi connectivity index (χ0n) is 12.5. The van der Waals surface area contributed by atoms with Gasteiger partial charge in [-0.2, -0.15) is 5.26 Å². The van der Waals surface area contributed by atoms with Crippen molar-refractivity contribution < 1.29 is 4.39 Å². The smallest absolute Gasteiger partial charge is 0.131 e. The van der Waals surface area contributed by atoms with Crippen molar-refractivity contribution in [2.45, 2.75) is 32.6 Å². The van der Waals surface area contributed by atoms with Crippen LogP contribution in [-0.2, 0) is 11.8 Å². The van der Waals surface area contributed by atoms with Crippen molar-refractivity contribution in [3.63, 3.8) is 0 Å². The van der Waals surface area contributed by atoms with Gasteiger partial charge in [0, 0.05) is 15.3 Å². The van der Waals surface area contributed by atoms with Gasteiger partial charge in [0.25, 0.3) is 0 Å². The summed E-state index contributed by atoms with van der Waals surface area (Å²) >= 11 is 1.64. The van der Waals surface area contributed by atoms with E-state index in [-0.39, 0.29) is 11.7 Å². The normalized spacial score (nSPS) is 24.1. The van der Waals surface area contributed by atoms with Gasteiger partial charge < -0.3 is 0 Å². The van der Waals surface area contributed by atoms with E-state index in [0.717, 1.165) is 16.9 Å². The van der Waals surface area contributed by atoms with E-state index in [1.54, 1.807) is 17.4 Å². The third-order valence-electron chi connectivity index (χ3n) is 4.76. The van der Waals surface area contributed by atoms with Gasteiger partial charge in [-0.15, -0.1) is 11.3 Å². The molecule has 1 nitrogen and oxygen atoms in total. The van der Waals surface area contributed by atoms with Crippen molar-refractivity contribution in [2.24, 2.45) is 11.8 Å². The van der Waals surface area contributed by atoms with Crippen LogP contribution in [0.1, 0.15) is 31.2 Å². The van der Waals surface area contributed by atoms with Crippen molar-refractivity contribution in [2.75, 3.05) is 0 Å². The van der Waals surface area contributed by atoms with E-state index in [0.29, 0.717) is 11.5 Å². The van der Waals surface area contributed by atoms with E-state index in [9.17, 15) is 9.65 Å². The minimum Gasteiger partial charge on any atom is -0.206 e. The van der Waals surface area contributed by atoms with Crippen LogP contribution in [0.3, 0.4) is 0 Å². The topological polar surface area (TPSA) is 23.8 Å². The maximum Gasteiger partial charge on any atom is 0.131 e.